The van der Waals surface area contributed by atoms with Gasteiger partial charge in [0.05, 0.1) is 19.4 Å². The van der Waals surface area contributed by atoms with Crippen molar-refractivity contribution >= 4 is 29.9 Å². The monoisotopic (exact) mass is 501 g/mol. The van der Waals surface area contributed by atoms with E-state index in [0.29, 0.717) is 18.3 Å². The van der Waals surface area contributed by atoms with Crippen molar-refractivity contribution in [2.75, 3.05) is 26.2 Å². The van der Waals surface area contributed by atoms with Crippen LogP contribution >= 0.6 is 24.0 Å². The van der Waals surface area contributed by atoms with Gasteiger partial charge >= 0.3 is 0 Å². The second-order valence-corrected chi connectivity index (χ2v) is 6.62. The average molecular weight is 501 g/mol. The van der Waals surface area contributed by atoms with E-state index in [4.69, 9.17) is 9.15 Å². The van der Waals surface area contributed by atoms with Crippen LogP contribution in [0.4, 0.5) is 0 Å². The molecule has 1 atom stereocenters. The number of guanidine groups is 1. The number of benzene rings is 1. The minimum absolute atomic E-state index is 0. The van der Waals surface area contributed by atoms with Crippen LogP contribution in [0.25, 0.3) is 0 Å². The van der Waals surface area contributed by atoms with Crippen LogP contribution in [0.1, 0.15) is 38.0 Å². The number of furan rings is 1. The van der Waals surface area contributed by atoms with Crippen molar-refractivity contribution in [2.24, 2.45) is 4.99 Å². The zero-order valence-electron chi connectivity index (χ0n) is 16.7. The van der Waals surface area contributed by atoms with E-state index in [1.54, 1.807) is 25.3 Å². The molecule has 0 aliphatic carbocycles. The van der Waals surface area contributed by atoms with Gasteiger partial charge in [0.1, 0.15) is 11.4 Å². The van der Waals surface area contributed by atoms with Crippen molar-refractivity contribution < 1.29 is 14.3 Å². The van der Waals surface area contributed by atoms with Crippen molar-refractivity contribution in [3.05, 3.63) is 60.1 Å². The summed E-state index contributed by atoms with van der Waals surface area (Å²) < 4.78 is 11.0. The van der Waals surface area contributed by atoms with Crippen LogP contribution in [0.15, 0.2) is 58.1 Å². The van der Waals surface area contributed by atoms with Gasteiger partial charge in [-0.15, -0.1) is 24.0 Å². The van der Waals surface area contributed by atoms with Gasteiger partial charge in [-0.2, -0.15) is 0 Å². The normalized spacial score (nSPS) is 13.5. The van der Waals surface area contributed by atoms with Crippen molar-refractivity contribution in [1.29, 1.82) is 0 Å². The minimum Gasteiger partial charge on any atom is -0.466 e. The number of aliphatic hydroxyl groups is 1. The second kappa shape index (κ2) is 13.6. The first kappa shape index (κ1) is 24.5. The average Bonchev–Trinajstić information content (AvgIpc) is 3.22. The van der Waals surface area contributed by atoms with Gasteiger partial charge in [0.25, 0.3) is 0 Å². The first-order valence-corrected chi connectivity index (χ1v) is 9.52. The van der Waals surface area contributed by atoms with E-state index in [1.165, 1.54) is 5.56 Å². The summed E-state index contributed by atoms with van der Waals surface area (Å²) >= 11 is 0. The molecule has 0 aliphatic rings. The fourth-order valence-electron chi connectivity index (χ4n) is 2.54. The predicted octanol–water partition coefficient (Wildman–Crippen LogP) is 3.66. The standard InChI is InChI=1S/C21H31N3O3.HI/c1-3-22-20(24-17-21(2,25)19-12-9-15-27-19)23-13-7-8-14-26-16-18-10-5-4-6-11-18;/h4-6,9-12,15,25H,3,7-8,13-14,16-17H2,1-2H3,(H2,22,23,24);1H. The molecule has 0 spiro atoms. The molecule has 0 radical (unpaired) electrons. The van der Waals surface area contributed by atoms with E-state index in [1.807, 2.05) is 25.1 Å². The van der Waals surface area contributed by atoms with Gasteiger partial charge in [0.2, 0.25) is 0 Å². The topological polar surface area (TPSA) is 79.0 Å². The van der Waals surface area contributed by atoms with E-state index in [2.05, 4.69) is 27.8 Å². The van der Waals surface area contributed by atoms with Gasteiger partial charge in [-0.1, -0.05) is 30.3 Å². The van der Waals surface area contributed by atoms with E-state index < -0.39 is 5.60 Å². The summed E-state index contributed by atoms with van der Waals surface area (Å²) in [6, 6.07) is 13.7. The molecule has 2 aromatic rings. The van der Waals surface area contributed by atoms with Crippen LogP contribution in [-0.2, 0) is 16.9 Å². The van der Waals surface area contributed by atoms with Crippen molar-refractivity contribution in [3.63, 3.8) is 0 Å². The number of halogens is 1. The quantitative estimate of drug-likeness (QED) is 0.190. The van der Waals surface area contributed by atoms with Crippen molar-refractivity contribution in [3.8, 4) is 0 Å². The molecule has 1 heterocycles. The van der Waals surface area contributed by atoms with Crippen LogP contribution in [0.2, 0.25) is 0 Å². The zero-order valence-corrected chi connectivity index (χ0v) is 19.0. The lowest BCUT2D eigenvalue weighted by atomic mass is 10.0. The predicted molar refractivity (Wildman–Crippen MR) is 123 cm³/mol. The van der Waals surface area contributed by atoms with Gasteiger partial charge in [-0.3, -0.25) is 0 Å². The first-order valence-electron chi connectivity index (χ1n) is 9.52. The molecule has 0 aliphatic heterocycles. The molecule has 156 valence electrons. The van der Waals surface area contributed by atoms with E-state index in [9.17, 15) is 5.11 Å². The van der Waals surface area contributed by atoms with Crippen LogP contribution in [0.5, 0.6) is 0 Å². The Hall–Kier alpha value is -1.58. The number of ether oxygens (including phenoxy) is 1. The summed E-state index contributed by atoms with van der Waals surface area (Å²) in [6.07, 6.45) is 3.51. The van der Waals surface area contributed by atoms with Crippen molar-refractivity contribution in [2.45, 2.75) is 38.9 Å². The van der Waals surface area contributed by atoms with Crippen LogP contribution < -0.4 is 10.6 Å². The molecule has 0 fully saturated rings. The third-order valence-corrected chi connectivity index (χ3v) is 4.06. The summed E-state index contributed by atoms with van der Waals surface area (Å²) in [5.74, 6) is 1.20. The maximum Gasteiger partial charge on any atom is 0.191 e. The maximum atomic E-state index is 10.5. The van der Waals surface area contributed by atoms with E-state index in [0.717, 1.165) is 32.5 Å². The third kappa shape index (κ3) is 9.07. The highest BCUT2D eigenvalue weighted by atomic mass is 127. The number of hydrogen-bond donors (Lipinski definition) is 3. The molecule has 1 aromatic heterocycles. The van der Waals surface area contributed by atoms with Gasteiger partial charge < -0.3 is 24.9 Å². The highest BCUT2D eigenvalue weighted by molar-refractivity contribution is 14.0. The van der Waals surface area contributed by atoms with Gasteiger partial charge in [0.15, 0.2) is 5.96 Å². The number of unbranched alkanes of at least 4 members (excludes halogenated alkanes) is 1. The highest BCUT2D eigenvalue weighted by Crippen LogP contribution is 2.20. The van der Waals surface area contributed by atoms with E-state index in [-0.39, 0.29) is 30.5 Å². The Morgan fingerprint density at radius 3 is 2.61 bits per heavy atom. The number of nitrogens with zero attached hydrogens (tertiary/aromatic N) is 1. The third-order valence-electron chi connectivity index (χ3n) is 4.06. The summed E-state index contributed by atoms with van der Waals surface area (Å²) in [4.78, 5) is 4.47. The Balaban J connectivity index is 0.00000392. The molecular formula is C21H32IN3O3. The van der Waals surface area contributed by atoms with Gasteiger partial charge in [0, 0.05) is 19.7 Å². The Kier molecular flexibility index (Phi) is 11.9. The zero-order chi connectivity index (χ0) is 19.4. The molecule has 3 N–H and O–H groups in total. The fourth-order valence-corrected chi connectivity index (χ4v) is 2.54. The molecule has 1 aromatic carbocycles. The summed E-state index contributed by atoms with van der Waals surface area (Å²) in [5.41, 5.74) is 0.0673. The Labute approximate surface area is 184 Å². The first-order chi connectivity index (χ1) is 13.1. The number of nitrogens with one attached hydrogen (secondary N) is 2. The molecule has 0 saturated heterocycles. The lowest BCUT2D eigenvalue weighted by molar-refractivity contribution is 0.0437. The summed E-state index contributed by atoms with van der Waals surface area (Å²) in [5, 5.41) is 17.0. The molecule has 1 unspecified atom stereocenters. The number of rotatable bonds is 11. The summed E-state index contributed by atoms with van der Waals surface area (Å²) in [7, 11) is 0. The van der Waals surface area contributed by atoms with E-state index >= 15 is 0 Å². The Morgan fingerprint density at radius 1 is 1.14 bits per heavy atom. The van der Waals surface area contributed by atoms with Gasteiger partial charge in [-0.25, -0.2) is 4.99 Å². The molecule has 2 rings (SSSR count). The number of hydrogen-bond acceptors (Lipinski definition) is 4. The molecule has 0 bridgehead atoms. The maximum absolute atomic E-state index is 10.5. The Morgan fingerprint density at radius 2 is 1.93 bits per heavy atom. The fraction of sp³-hybridized carbons (Fsp3) is 0.476. The van der Waals surface area contributed by atoms with Gasteiger partial charge in [-0.05, 0) is 44.4 Å². The second-order valence-electron chi connectivity index (χ2n) is 6.62. The lowest BCUT2D eigenvalue weighted by Crippen LogP contribution is -2.39. The molecular weight excluding hydrogens is 469 g/mol. The molecule has 0 saturated carbocycles. The largest absolute Gasteiger partial charge is 0.466 e. The molecule has 28 heavy (non-hydrogen) atoms. The SMILES string of the molecule is CCNC(=NCC(C)(O)c1ccco1)NCCCCOCc1ccccc1.I. The molecule has 7 heteroatoms. The lowest BCUT2D eigenvalue weighted by Gasteiger charge is -2.19. The highest BCUT2D eigenvalue weighted by Gasteiger charge is 2.25. The minimum atomic E-state index is -1.13. The van der Waals surface area contributed by atoms with Crippen molar-refractivity contribution in [1.82, 2.24) is 10.6 Å². The Bertz CT molecular complexity index is 661. The smallest absolute Gasteiger partial charge is 0.191 e. The number of aliphatic imine (C=N–C) groups is 1. The summed E-state index contributed by atoms with van der Waals surface area (Å²) in [6.45, 7) is 6.87. The van der Waals surface area contributed by atoms with Crippen LogP contribution in [0, 0.1) is 0 Å². The van der Waals surface area contributed by atoms with Crippen LogP contribution in [0.3, 0.4) is 0 Å². The molecule has 0 amide bonds. The molecule has 6 nitrogen and oxygen atoms in total. The van der Waals surface area contributed by atoms with Crippen LogP contribution in [-0.4, -0.2) is 37.3 Å².